The molecular formula is C7H15BO2. The highest BCUT2D eigenvalue weighted by atomic mass is 16.4. The molecule has 2 atom stereocenters. The molecule has 2 N–H and O–H groups in total. The van der Waals surface area contributed by atoms with E-state index >= 15 is 0 Å². The molecule has 1 aliphatic carbocycles. The Bertz CT molecular complexity index is 106. The lowest BCUT2D eigenvalue weighted by molar-refractivity contribution is 0.399. The highest BCUT2D eigenvalue weighted by Crippen LogP contribution is 2.48. The van der Waals surface area contributed by atoms with E-state index in [1.54, 1.807) is 0 Å². The predicted molar refractivity (Wildman–Crippen MR) is 41.6 cm³/mol. The lowest BCUT2D eigenvalue weighted by Crippen LogP contribution is -2.11. The van der Waals surface area contributed by atoms with Crippen LogP contribution in [0.3, 0.4) is 0 Å². The van der Waals surface area contributed by atoms with Gasteiger partial charge >= 0.3 is 7.12 Å². The van der Waals surface area contributed by atoms with Gasteiger partial charge < -0.3 is 10.0 Å². The molecular weight excluding hydrogens is 127 g/mol. The van der Waals surface area contributed by atoms with E-state index in [-0.39, 0.29) is 5.82 Å². The highest BCUT2D eigenvalue weighted by molar-refractivity contribution is 6.44. The fourth-order valence-electron chi connectivity index (χ4n) is 1.43. The molecule has 0 aromatic heterocycles. The van der Waals surface area contributed by atoms with E-state index in [2.05, 4.69) is 6.92 Å². The third kappa shape index (κ3) is 1.99. The molecule has 58 valence electrons. The van der Waals surface area contributed by atoms with Crippen LogP contribution in [0, 0.1) is 5.92 Å². The van der Waals surface area contributed by atoms with Crippen LogP contribution < -0.4 is 0 Å². The van der Waals surface area contributed by atoms with E-state index in [0.29, 0.717) is 5.92 Å². The van der Waals surface area contributed by atoms with Crippen LogP contribution in [0.1, 0.15) is 32.6 Å². The molecule has 1 saturated carbocycles. The van der Waals surface area contributed by atoms with Crippen molar-refractivity contribution in [2.45, 2.75) is 38.4 Å². The third-order valence-corrected chi connectivity index (χ3v) is 2.29. The van der Waals surface area contributed by atoms with Gasteiger partial charge in [-0.2, -0.15) is 0 Å². The normalized spacial score (nSPS) is 30.3. The van der Waals surface area contributed by atoms with Crippen molar-refractivity contribution in [2.75, 3.05) is 0 Å². The largest absolute Gasteiger partial charge is 0.455 e. The van der Waals surface area contributed by atoms with Gasteiger partial charge in [-0.05, 0) is 18.2 Å². The summed E-state index contributed by atoms with van der Waals surface area (Å²) in [6.07, 6.45) is 4.65. The summed E-state index contributed by atoms with van der Waals surface area (Å²) in [7, 11) is -1.05. The molecule has 0 amide bonds. The molecule has 1 fully saturated rings. The highest BCUT2D eigenvalue weighted by Gasteiger charge is 2.44. The molecule has 3 heteroatoms. The molecule has 0 saturated heterocycles. The maximum absolute atomic E-state index is 8.72. The van der Waals surface area contributed by atoms with E-state index in [4.69, 9.17) is 10.0 Å². The third-order valence-electron chi connectivity index (χ3n) is 2.29. The average molecular weight is 142 g/mol. The molecule has 2 nitrogen and oxygen atoms in total. The van der Waals surface area contributed by atoms with Crippen molar-refractivity contribution in [3.63, 3.8) is 0 Å². The summed E-state index contributed by atoms with van der Waals surface area (Å²) in [5, 5.41) is 17.4. The molecule has 0 aliphatic heterocycles. The Labute approximate surface area is 62.4 Å². The summed E-state index contributed by atoms with van der Waals surface area (Å²) in [6.45, 7) is 2.16. The number of rotatable bonds is 4. The summed E-state index contributed by atoms with van der Waals surface area (Å²) in [6, 6.07) is 0. The Morgan fingerprint density at radius 3 is 2.60 bits per heavy atom. The first-order chi connectivity index (χ1) is 4.75. The zero-order valence-corrected chi connectivity index (χ0v) is 6.45. The smallest absolute Gasteiger partial charge is 0.427 e. The predicted octanol–water partition coefficient (Wildman–Crippen LogP) is 1.04. The van der Waals surface area contributed by atoms with Crippen LogP contribution in [-0.4, -0.2) is 17.2 Å². The minimum absolute atomic E-state index is 0.201. The molecule has 0 spiro atoms. The van der Waals surface area contributed by atoms with Gasteiger partial charge in [-0.3, -0.25) is 0 Å². The van der Waals surface area contributed by atoms with Gasteiger partial charge in [0, 0.05) is 0 Å². The van der Waals surface area contributed by atoms with Crippen LogP contribution in [0.2, 0.25) is 5.82 Å². The molecule has 0 aromatic rings. The second kappa shape index (κ2) is 3.40. The maximum atomic E-state index is 8.72. The first kappa shape index (κ1) is 8.09. The minimum Gasteiger partial charge on any atom is -0.427 e. The van der Waals surface area contributed by atoms with Gasteiger partial charge in [-0.15, -0.1) is 0 Å². The SMILES string of the molecule is CCCC[C@@H]1CC1B(O)O. The molecule has 1 unspecified atom stereocenters. The van der Waals surface area contributed by atoms with Gasteiger partial charge in [0.15, 0.2) is 0 Å². The van der Waals surface area contributed by atoms with Gasteiger partial charge in [0.05, 0.1) is 0 Å². The van der Waals surface area contributed by atoms with E-state index in [1.807, 2.05) is 0 Å². The molecule has 0 radical (unpaired) electrons. The monoisotopic (exact) mass is 142 g/mol. The summed E-state index contributed by atoms with van der Waals surface area (Å²) in [5.74, 6) is 0.812. The van der Waals surface area contributed by atoms with E-state index in [1.165, 1.54) is 19.3 Å². The van der Waals surface area contributed by atoms with Crippen molar-refractivity contribution in [1.29, 1.82) is 0 Å². The fourth-order valence-corrected chi connectivity index (χ4v) is 1.43. The maximum Gasteiger partial charge on any atom is 0.455 e. The first-order valence-corrected chi connectivity index (χ1v) is 4.11. The van der Waals surface area contributed by atoms with Crippen molar-refractivity contribution >= 4 is 7.12 Å². The van der Waals surface area contributed by atoms with Crippen LogP contribution in [0.15, 0.2) is 0 Å². The topological polar surface area (TPSA) is 40.5 Å². The van der Waals surface area contributed by atoms with Gasteiger partial charge in [-0.1, -0.05) is 26.2 Å². The lowest BCUT2D eigenvalue weighted by Gasteiger charge is -1.95. The zero-order valence-electron chi connectivity index (χ0n) is 6.45. The number of hydrogen-bond donors (Lipinski definition) is 2. The van der Waals surface area contributed by atoms with Crippen LogP contribution in [0.4, 0.5) is 0 Å². The summed E-state index contributed by atoms with van der Waals surface area (Å²) >= 11 is 0. The second-order valence-electron chi connectivity index (χ2n) is 3.22. The van der Waals surface area contributed by atoms with E-state index in [9.17, 15) is 0 Å². The van der Waals surface area contributed by atoms with Gasteiger partial charge in [0.2, 0.25) is 0 Å². The molecule has 0 aromatic carbocycles. The van der Waals surface area contributed by atoms with Crippen molar-refractivity contribution in [1.82, 2.24) is 0 Å². The average Bonchev–Trinajstić information content (AvgIpc) is 2.62. The van der Waals surface area contributed by atoms with Gasteiger partial charge in [0.25, 0.3) is 0 Å². The molecule has 10 heavy (non-hydrogen) atoms. The van der Waals surface area contributed by atoms with Crippen LogP contribution in [-0.2, 0) is 0 Å². The van der Waals surface area contributed by atoms with E-state index in [0.717, 1.165) is 6.42 Å². The Kier molecular flexibility index (Phi) is 2.75. The zero-order chi connectivity index (χ0) is 7.56. The minimum atomic E-state index is -1.05. The Morgan fingerprint density at radius 2 is 2.20 bits per heavy atom. The van der Waals surface area contributed by atoms with Crippen molar-refractivity contribution in [2.24, 2.45) is 5.92 Å². The Hall–Kier alpha value is -0.0151. The van der Waals surface area contributed by atoms with Crippen molar-refractivity contribution in [3.05, 3.63) is 0 Å². The quantitative estimate of drug-likeness (QED) is 0.575. The summed E-state index contributed by atoms with van der Waals surface area (Å²) in [4.78, 5) is 0. The summed E-state index contributed by atoms with van der Waals surface area (Å²) in [5.41, 5.74) is 0. The van der Waals surface area contributed by atoms with Crippen LogP contribution in [0.5, 0.6) is 0 Å². The standard InChI is InChI=1S/C7H15BO2/c1-2-3-4-6-5-7(6)8(9)10/h6-7,9-10H,2-5H2,1H3/t6-,7?/m1/s1. The Balaban J connectivity index is 2.02. The number of hydrogen-bond acceptors (Lipinski definition) is 2. The van der Waals surface area contributed by atoms with Gasteiger partial charge in [-0.25, -0.2) is 0 Å². The van der Waals surface area contributed by atoms with Crippen LogP contribution in [0.25, 0.3) is 0 Å². The lowest BCUT2D eigenvalue weighted by atomic mass is 9.81. The first-order valence-electron chi connectivity index (χ1n) is 4.11. The molecule has 0 heterocycles. The van der Waals surface area contributed by atoms with E-state index < -0.39 is 7.12 Å². The van der Waals surface area contributed by atoms with Crippen LogP contribution >= 0.6 is 0 Å². The van der Waals surface area contributed by atoms with Crippen molar-refractivity contribution < 1.29 is 10.0 Å². The van der Waals surface area contributed by atoms with Gasteiger partial charge in [0.1, 0.15) is 0 Å². The molecule has 1 rings (SSSR count). The van der Waals surface area contributed by atoms with Crippen molar-refractivity contribution in [3.8, 4) is 0 Å². The fraction of sp³-hybridized carbons (Fsp3) is 1.00. The Morgan fingerprint density at radius 1 is 1.50 bits per heavy atom. The molecule has 1 aliphatic rings. The number of unbranched alkanes of at least 4 members (excludes halogenated alkanes) is 1. The summed E-state index contributed by atoms with van der Waals surface area (Å²) < 4.78 is 0. The second-order valence-corrected chi connectivity index (χ2v) is 3.22. The molecule has 0 bridgehead atoms.